The molecule has 5 nitrogen and oxygen atoms in total. The molecule has 1 saturated carbocycles. The normalized spacial score (nSPS) is 16.6. The van der Waals surface area contributed by atoms with Gasteiger partial charge < -0.3 is 0 Å². The van der Waals surface area contributed by atoms with E-state index in [1.807, 2.05) is 13.8 Å². The highest BCUT2D eigenvalue weighted by atomic mass is 32.2. The van der Waals surface area contributed by atoms with Crippen molar-refractivity contribution in [2.45, 2.75) is 50.7 Å². The van der Waals surface area contributed by atoms with Gasteiger partial charge >= 0.3 is 5.69 Å². The summed E-state index contributed by atoms with van der Waals surface area (Å²) in [5, 5.41) is 7.02. The molecule has 0 unspecified atom stereocenters. The Hall–Kier alpha value is -1.04. The number of thioether (sulfide) groups is 1. The monoisotopic (exact) mass is 269 g/mol. The molecule has 1 aromatic heterocycles. The van der Waals surface area contributed by atoms with E-state index in [9.17, 15) is 9.59 Å². The standard InChI is InChI=1S/C12H19N3O2S/c1-8(2)15-11(17)13-14-12(15)18-7-10(16)9-5-3-4-6-9/h8-9H,3-7H2,1-2H3,(H,13,17). The van der Waals surface area contributed by atoms with Crippen molar-refractivity contribution in [3.63, 3.8) is 0 Å². The summed E-state index contributed by atoms with van der Waals surface area (Å²) in [6.45, 7) is 3.86. The quantitative estimate of drug-likeness (QED) is 0.830. The van der Waals surface area contributed by atoms with Crippen LogP contribution in [0.15, 0.2) is 9.95 Å². The summed E-state index contributed by atoms with van der Waals surface area (Å²) in [6.07, 6.45) is 4.38. The van der Waals surface area contributed by atoms with E-state index in [2.05, 4.69) is 10.2 Å². The van der Waals surface area contributed by atoms with Gasteiger partial charge in [-0.05, 0) is 26.7 Å². The van der Waals surface area contributed by atoms with Crippen LogP contribution < -0.4 is 5.69 Å². The SMILES string of the molecule is CC(C)n1c(SCC(=O)C2CCCC2)n[nH]c1=O. The number of hydrogen-bond donors (Lipinski definition) is 1. The van der Waals surface area contributed by atoms with E-state index in [4.69, 9.17) is 0 Å². The number of carbonyl (C=O) groups excluding carboxylic acids is 1. The van der Waals surface area contributed by atoms with Crippen LogP contribution in [0.2, 0.25) is 0 Å². The Bertz CT molecular complexity index is 472. The zero-order chi connectivity index (χ0) is 13.1. The van der Waals surface area contributed by atoms with Gasteiger partial charge in [0.1, 0.15) is 5.78 Å². The number of aromatic amines is 1. The lowest BCUT2D eigenvalue weighted by atomic mass is 10.0. The van der Waals surface area contributed by atoms with Gasteiger partial charge in [-0.3, -0.25) is 9.36 Å². The second-order valence-corrected chi connectivity index (χ2v) is 5.95. The smallest absolute Gasteiger partial charge is 0.298 e. The molecule has 1 aliphatic rings. The Morgan fingerprint density at radius 2 is 2.17 bits per heavy atom. The Morgan fingerprint density at radius 1 is 1.50 bits per heavy atom. The highest BCUT2D eigenvalue weighted by Gasteiger charge is 2.23. The van der Waals surface area contributed by atoms with Gasteiger partial charge in [-0.1, -0.05) is 24.6 Å². The second-order valence-electron chi connectivity index (χ2n) is 5.01. The molecule has 1 aliphatic carbocycles. The van der Waals surface area contributed by atoms with Crippen LogP contribution >= 0.6 is 11.8 Å². The second kappa shape index (κ2) is 5.73. The average molecular weight is 269 g/mol. The molecule has 0 aromatic carbocycles. The molecule has 0 saturated heterocycles. The van der Waals surface area contributed by atoms with Crippen molar-refractivity contribution in [2.75, 3.05) is 5.75 Å². The van der Waals surface area contributed by atoms with E-state index >= 15 is 0 Å². The topological polar surface area (TPSA) is 67.8 Å². The Kier molecular flexibility index (Phi) is 4.27. The zero-order valence-corrected chi connectivity index (χ0v) is 11.6. The molecule has 6 heteroatoms. The first-order valence-corrected chi connectivity index (χ1v) is 7.40. The van der Waals surface area contributed by atoms with E-state index in [0.29, 0.717) is 16.7 Å². The van der Waals surface area contributed by atoms with Gasteiger partial charge in [0.05, 0.1) is 5.75 Å². The fourth-order valence-electron chi connectivity index (χ4n) is 2.35. The van der Waals surface area contributed by atoms with Gasteiger partial charge in [-0.2, -0.15) is 0 Å². The molecule has 2 rings (SSSR count). The maximum absolute atomic E-state index is 12.0. The third-order valence-electron chi connectivity index (χ3n) is 3.34. The van der Waals surface area contributed by atoms with Gasteiger partial charge in [-0.25, -0.2) is 9.89 Å². The van der Waals surface area contributed by atoms with Crippen molar-refractivity contribution < 1.29 is 4.79 Å². The lowest BCUT2D eigenvalue weighted by molar-refractivity contribution is -0.120. The maximum Gasteiger partial charge on any atom is 0.344 e. The van der Waals surface area contributed by atoms with Gasteiger partial charge in [0.25, 0.3) is 0 Å². The maximum atomic E-state index is 12.0. The Morgan fingerprint density at radius 3 is 2.78 bits per heavy atom. The molecule has 0 radical (unpaired) electrons. The minimum atomic E-state index is -0.208. The van der Waals surface area contributed by atoms with Crippen LogP contribution in [0, 0.1) is 5.92 Å². The molecular weight excluding hydrogens is 250 g/mol. The van der Waals surface area contributed by atoms with Crippen molar-refractivity contribution in [2.24, 2.45) is 5.92 Å². The average Bonchev–Trinajstić information content (AvgIpc) is 2.94. The molecule has 18 heavy (non-hydrogen) atoms. The van der Waals surface area contributed by atoms with E-state index < -0.39 is 0 Å². The highest BCUT2D eigenvalue weighted by Crippen LogP contribution is 2.27. The van der Waals surface area contributed by atoms with Crippen LogP contribution in [0.4, 0.5) is 0 Å². The predicted octanol–water partition coefficient (Wildman–Crippen LogP) is 2.00. The van der Waals surface area contributed by atoms with E-state index in [-0.39, 0.29) is 17.6 Å². The van der Waals surface area contributed by atoms with Crippen molar-refractivity contribution in [3.8, 4) is 0 Å². The minimum Gasteiger partial charge on any atom is -0.298 e. The van der Waals surface area contributed by atoms with Crippen LogP contribution in [-0.4, -0.2) is 26.3 Å². The summed E-state index contributed by atoms with van der Waals surface area (Å²) in [5.74, 6) is 0.945. The number of aromatic nitrogens is 3. The van der Waals surface area contributed by atoms with Crippen LogP contribution in [0.25, 0.3) is 0 Å². The summed E-state index contributed by atoms with van der Waals surface area (Å²) < 4.78 is 1.59. The van der Waals surface area contributed by atoms with Crippen LogP contribution in [0.1, 0.15) is 45.6 Å². The first-order chi connectivity index (χ1) is 8.59. The van der Waals surface area contributed by atoms with E-state index in [1.54, 1.807) is 4.57 Å². The molecule has 0 amide bonds. The first-order valence-electron chi connectivity index (χ1n) is 6.42. The Balaban J connectivity index is 1.97. The number of rotatable bonds is 5. The number of H-pyrrole nitrogens is 1. The molecule has 1 aromatic rings. The third-order valence-corrected chi connectivity index (χ3v) is 4.32. The summed E-state index contributed by atoms with van der Waals surface area (Å²) in [7, 11) is 0. The third kappa shape index (κ3) is 2.85. The number of nitrogens with one attached hydrogen (secondary N) is 1. The molecule has 1 fully saturated rings. The zero-order valence-electron chi connectivity index (χ0n) is 10.8. The number of ketones is 1. The summed E-state index contributed by atoms with van der Waals surface area (Å²) in [4.78, 5) is 23.5. The van der Waals surface area contributed by atoms with Crippen molar-refractivity contribution in [1.29, 1.82) is 0 Å². The van der Waals surface area contributed by atoms with E-state index in [0.717, 1.165) is 12.8 Å². The van der Waals surface area contributed by atoms with Gasteiger partial charge in [0, 0.05) is 12.0 Å². The molecule has 0 atom stereocenters. The summed E-state index contributed by atoms with van der Waals surface area (Å²) in [5.41, 5.74) is -0.208. The van der Waals surface area contributed by atoms with Crippen LogP contribution in [0.3, 0.4) is 0 Å². The largest absolute Gasteiger partial charge is 0.344 e. The molecular formula is C12H19N3O2S. The van der Waals surface area contributed by atoms with Gasteiger partial charge in [0.2, 0.25) is 0 Å². The van der Waals surface area contributed by atoms with Gasteiger partial charge in [-0.15, -0.1) is 5.10 Å². The van der Waals surface area contributed by atoms with E-state index in [1.165, 1.54) is 24.6 Å². The van der Waals surface area contributed by atoms with Crippen LogP contribution in [0.5, 0.6) is 0 Å². The summed E-state index contributed by atoms with van der Waals surface area (Å²) in [6, 6.07) is 0.0559. The molecule has 1 heterocycles. The molecule has 0 spiro atoms. The lowest BCUT2D eigenvalue weighted by Crippen LogP contribution is -2.20. The molecule has 0 aliphatic heterocycles. The number of nitrogens with zero attached hydrogens (tertiary/aromatic N) is 2. The molecule has 100 valence electrons. The number of hydrogen-bond acceptors (Lipinski definition) is 4. The van der Waals surface area contributed by atoms with Crippen molar-refractivity contribution in [1.82, 2.24) is 14.8 Å². The number of Topliss-reactive ketones (excluding diaryl/α,β-unsaturated/α-hetero) is 1. The van der Waals surface area contributed by atoms with Gasteiger partial charge in [0.15, 0.2) is 5.16 Å². The fraction of sp³-hybridized carbons (Fsp3) is 0.750. The summed E-state index contributed by atoms with van der Waals surface area (Å²) >= 11 is 1.36. The molecule has 0 bridgehead atoms. The minimum absolute atomic E-state index is 0.0559. The van der Waals surface area contributed by atoms with Crippen molar-refractivity contribution in [3.05, 3.63) is 10.5 Å². The predicted molar refractivity (Wildman–Crippen MR) is 70.9 cm³/mol. The number of carbonyl (C=O) groups is 1. The first kappa shape index (κ1) is 13.4. The van der Waals surface area contributed by atoms with Crippen molar-refractivity contribution >= 4 is 17.5 Å². The molecule has 1 N–H and O–H groups in total. The van der Waals surface area contributed by atoms with Crippen LogP contribution in [-0.2, 0) is 4.79 Å². The Labute approximate surface area is 110 Å². The fourth-order valence-corrected chi connectivity index (χ4v) is 3.40. The lowest BCUT2D eigenvalue weighted by Gasteiger charge is -2.09. The highest BCUT2D eigenvalue weighted by molar-refractivity contribution is 7.99.